The molecule has 0 amide bonds. The van der Waals surface area contributed by atoms with E-state index in [0.29, 0.717) is 4.43 Å². The fourth-order valence-electron chi connectivity index (χ4n) is 2.18. The topological polar surface area (TPSA) is 32.9 Å². The molecule has 84 valence electrons. The number of alkyl halides is 1. The Morgan fingerprint density at radius 3 is 2.65 bits per heavy atom. The molecule has 0 atom stereocenters. The summed E-state index contributed by atoms with van der Waals surface area (Å²) in [4.78, 5) is 15.2. The van der Waals surface area contributed by atoms with Crippen LogP contribution in [0.1, 0.15) is 10.4 Å². The van der Waals surface area contributed by atoms with Crippen LogP contribution in [0.15, 0.2) is 42.5 Å². The summed E-state index contributed by atoms with van der Waals surface area (Å²) in [6.45, 7) is 0. The van der Waals surface area contributed by atoms with Gasteiger partial charge in [0.15, 0.2) is 5.78 Å². The molecule has 0 fully saturated rings. The molecule has 0 bridgehead atoms. The fraction of sp³-hybridized carbons (Fsp3) is 0.0714. The molecule has 0 unspecified atom stereocenters. The Kier molecular flexibility index (Phi) is 2.63. The van der Waals surface area contributed by atoms with Crippen LogP contribution in [0.5, 0.6) is 0 Å². The van der Waals surface area contributed by atoms with E-state index in [1.54, 1.807) is 0 Å². The first kappa shape index (κ1) is 10.8. The first-order chi connectivity index (χ1) is 8.31. The number of halogens is 1. The van der Waals surface area contributed by atoms with Crippen molar-refractivity contribution < 1.29 is 4.79 Å². The largest absolute Gasteiger partial charge is 0.354 e. The van der Waals surface area contributed by atoms with Crippen LogP contribution in [0.2, 0.25) is 0 Å². The highest BCUT2D eigenvalue weighted by molar-refractivity contribution is 14.1. The van der Waals surface area contributed by atoms with Crippen LogP contribution < -0.4 is 0 Å². The van der Waals surface area contributed by atoms with E-state index in [1.165, 1.54) is 5.39 Å². The van der Waals surface area contributed by atoms with Gasteiger partial charge in [-0.15, -0.1) is 0 Å². The number of benzene rings is 2. The molecule has 0 aliphatic rings. The number of Topliss-reactive ketones (excluding diaryl/α,β-unsaturated/α-hetero) is 1. The van der Waals surface area contributed by atoms with Gasteiger partial charge in [0.25, 0.3) is 0 Å². The van der Waals surface area contributed by atoms with Gasteiger partial charge in [0.2, 0.25) is 0 Å². The van der Waals surface area contributed by atoms with Gasteiger partial charge in [0.05, 0.1) is 9.94 Å². The third-order valence-corrected chi connectivity index (χ3v) is 3.66. The average Bonchev–Trinajstić information content (AvgIpc) is 2.76. The number of aromatic nitrogens is 1. The summed E-state index contributed by atoms with van der Waals surface area (Å²) in [6.07, 6.45) is 0. The maximum absolute atomic E-state index is 11.9. The van der Waals surface area contributed by atoms with E-state index in [9.17, 15) is 4.79 Å². The molecular formula is C14H10INO. The standard InChI is InChI=1S/C14H10INO/c15-8-13(17)11-6-3-5-10-9-4-1-2-7-12(9)16-14(10)11/h1-7,16H,8H2. The predicted octanol–water partition coefficient (Wildman–Crippen LogP) is 3.94. The van der Waals surface area contributed by atoms with E-state index in [-0.39, 0.29) is 5.78 Å². The molecule has 3 rings (SSSR count). The maximum atomic E-state index is 11.9. The van der Waals surface area contributed by atoms with Crippen LogP contribution in [-0.2, 0) is 0 Å². The van der Waals surface area contributed by atoms with Gasteiger partial charge < -0.3 is 4.98 Å². The Hall–Kier alpha value is -1.36. The summed E-state index contributed by atoms with van der Waals surface area (Å²) in [5.41, 5.74) is 2.82. The second-order valence-electron chi connectivity index (χ2n) is 3.96. The lowest BCUT2D eigenvalue weighted by molar-refractivity contribution is 0.102. The van der Waals surface area contributed by atoms with Crippen molar-refractivity contribution in [3.05, 3.63) is 48.0 Å². The molecule has 2 nitrogen and oxygen atoms in total. The van der Waals surface area contributed by atoms with Crippen molar-refractivity contribution in [2.45, 2.75) is 0 Å². The first-order valence-electron chi connectivity index (χ1n) is 5.40. The SMILES string of the molecule is O=C(CI)c1cccc2c1[nH]c1ccccc12. The summed E-state index contributed by atoms with van der Waals surface area (Å²) >= 11 is 2.10. The molecule has 0 saturated carbocycles. The molecule has 3 aromatic rings. The second-order valence-corrected chi connectivity index (χ2v) is 4.72. The van der Waals surface area contributed by atoms with Crippen LogP contribution in [-0.4, -0.2) is 15.2 Å². The van der Waals surface area contributed by atoms with Crippen LogP contribution in [0.4, 0.5) is 0 Å². The van der Waals surface area contributed by atoms with E-state index in [4.69, 9.17) is 0 Å². The van der Waals surface area contributed by atoms with E-state index in [0.717, 1.165) is 22.0 Å². The molecule has 0 saturated heterocycles. The van der Waals surface area contributed by atoms with Gasteiger partial charge in [-0.25, -0.2) is 0 Å². The summed E-state index contributed by atoms with van der Waals surface area (Å²) in [5, 5.41) is 2.29. The molecule has 0 spiro atoms. The second kappa shape index (κ2) is 4.14. The number of ketones is 1. The lowest BCUT2D eigenvalue weighted by Gasteiger charge is -1.99. The molecule has 0 radical (unpaired) electrons. The highest BCUT2D eigenvalue weighted by Crippen LogP contribution is 2.27. The Morgan fingerprint density at radius 2 is 1.82 bits per heavy atom. The van der Waals surface area contributed by atoms with Crippen molar-refractivity contribution in [3.63, 3.8) is 0 Å². The smallest absolute Gasteiger partial charge is 0.174 e. The molecule has 0 aliphatic heterocycles. The zero-order valence-corrected chi connectivity index (χ0v) is 11.2. The highest BCUT2D eigenvalue weighted by atomic mass is 127. The molecule has 1 N–H and O–H groups in total. The number of rotatable bonds is 2. The summed E-state index contributed by atoms with van der Waals surface area (Å²) in [7, 11) is 0. The number of para-hydroxylation sites is 2. The van der Waals surface area contributed by atoms with Gasteiger partial charge >= 0.3 is 0 Å². The monoisotopic (exact) mass is 335 g/mol. The number of hydrogen-bond acceptors (Lipinski definition) is 1. The number of carbonyl (C=O) groups is 1. The number of carbonyl (C=O) groups excluding carboxylic acids is 1. The molecule has 17 heavy (non-hydrogen) atoms. The lowest BCUT2D eigenvalue weighted by atomic mass is 10.1. The van der Waals surface area contributed by atoms with Crippen molar-refractivity contribution in [2.75, 3.05) is 4.43 Å². The third kappa shape index (κ3) is 1.65. The summed E-state index contributed by atoms with van der Waals surface area (Å²) < 4.78 is 0.506. The summed E-state index contributed by atoms with van der Waals surface area (Å²) in [6, 6.07) is 14.0. The quantitative estimate of drug-likeness (QED) is 0.430. The predicted molar refractivity (Wildman–Crippen MR) is 79.0 cm³/mol. The number of nitrogens with one attached hydrogen (secondary N) is 1. The van der Waals surface area contributed by atoms with Crippen LogP contribution in [0, 0.1) is 0 Å². The van der Waals surface area contributed by atoms with Crippen LogP contribution >= 0.6 is 22.6 Å². The van der Waals surface area contributed by atoms with Gasteiger partial charge in [0, 0.05) is 21.9 Å². The number of fused-ring (bicyclic) bond motifs is 3. The minimum atomic E-state index is 0.169. The van der Waals surface area contributed by atoms with Gasteiger partial charge in [-0.05, 0) is 12.1 Å². The normalized spacial score (nSPS) is 11.1. The Labute approximate surface area is 112 Å². The zero-order valence-electron chi connectivity index (χ0n) is 9.03. The first-order valence-corrected chi connectivity index (χ1v) is 6.92. The average molecular weight is 335 g/mol. The Bertz CT molecular complexity index is 714. The van der Waals surface area contributed by atoms with Gasteiger partial charge in [-0.3, -0.25) is 4.79 Å². The molecule has 1 heterocycles. The number of H-pyrrole nitrogens is 1. The van der Waals surface area contributed by atoms with Crippen molar-refractivity contribution in [1.82, 2.24) is 4.98 Å². The molecular weight excluding hydrogens is 325 g/mol. The maximum Gasteiger partial charge on any atom is 0.174 e. The van der Waals surface area contributed by atoms with E-state index in [1.807, 2.05) is 30.3 Å². The van der Waals surface area contributed by atoms with E-state index >= 15 is 0 Å². The Morgan fingerprint density at radius 1 is 1.06 bits per heavy atom. The van der Waals surface area contributed by atoms with Crippen molar-refractivity contribution in [3.8, 4) is 0 Å². The van der Waals surface area contributed by atoms with Gasteiger partial charge in [-0.2, -0.15) is 0 Å². The van der Waals surface area contributed by atoms with Gasteiger partial charge in [-0.1, -0.05) is 52.9 Å². The summed E-state index contributed by atoms with van der Waals surface area (Å²) in [5.74, 6) is 0.169. The van der Waals surface area contributed by atoms with Crippen molar-refractivity contribution in [1.29, 1.82) is 0 Å². The van der Waals surface area contributed by atoms with Crippen LogP contribution in [0.3, 0.4) is 0 Å². The molecule has 2 aromatic carbocycles. The number of aromatic amines is 1. The number of hydrogen-bond donors (Lipinski definition) is 1. The molecule has 0 aliphatic carbocycles. The Balaban J connectivity index is 2.43. The zero-order chi connectivity index (χ0) is 11.8. The van der Waals surface area contributed by atoms with Crippen molar-refractivity contribution >= 4 is 50.2 Å². The van der Waals surface area contributed by atoms with Crippen molar-refractivity contribution in [2.24, 2.45) is 0 Å². The molecule has 1 aromatic heterocycles. The van der Waals surface area contributed by atoms with Crippen LogP contribution in [0.25, 0.3) is 21.8 Å². The highest BCUT2D eigenvalue weighted by Gasteiger charge is 2.11. The minimum absolute atomic E-state index is 0.169. The molecule has 3 heteroatoms. The fourth-order valence-corrected chi connectivity index (χ4v) is 2.59. The van der Waals surface area contributed by atoms with E-state index in [2.05, 4.69) is 39.7 Å². The minimum Gasteiger partial charge on any atom is -0.354 e. The van der Waals surface area contributed by atoms with E-state index < -0.39 is 0 Å². The lowest BCUT2D eigenvalue weighted by Crippen LogP contribution is -2.00. The third-order valence-electron chi connectivity index (χ3n) is 2.96. The van der Waals surface area contributed by atoms with Gasteiger partial charge in [0.1, 0.15) is 0 Å².